The zero-order valence-electron chi connectivity index (χ0n) is 56.5. The van der Waals surface area contributed by atoms with Gasteiger partial charge in [0.15, 0.2) is 22.0 Å². The van der Waals surface area contributed by atoms with Crippen LogP contribution in [0.3, 0.4) is 0 Å². The van der Waals surface area contributed by atoms with Crippen LogP contribution in [0.5, 0.6) is 40.2 Å². The maximum absolute atomic E-state index is 12.9. The molecule has 6 heterocycles. The summed E-state index contributed by atoms with van der Waals surface area (Å²) in [4.78, 5) is 62.6. The molecule has 2 unspecified atom stereocenters. The number of halogens is 1. The van der Waals surface area contributed by atoms with Crippen molar-refractivity contribution in [3.8, 4) is 85.1 Å². The summed E-state index contributed by atoms with van der Waals surface area (Å²) < 4.78 is 36.2. The predicted molar refractivity (Wildman–Crippen MR) is 397 cm³/mol. The van der Waals surface area contributed by atoms with Crippen molar-refractivity contribution < 1.29 is 90.3 Å². The van der Waals surface area contributed by atoms with E-state index in [2.05, 4.69) is 0 Å². The number of fused-ring (bicyclic) bond motifs is 18. The van der Waals surface area contributed by atoms with E-state index in [-0.39, 0.29) is 58.1 Å². The zero-order chi connectivity index (χ0) is 73.6. The normalized spacial score (nSPS) is 15.0. The van der Waals surface area contributed by atoms with E-state index in [9.17, 15) is 49.5 Å². The van der Waals surface area contributed by atoms with Gasteiger partial charge in [0.2, 0.25) is 0 Å². The Bertz CT molecular complexity index is 6070. The molecule has 11 N–H and O–H groups in total. The Labute approximate surface area is 613 Å². The van der Waals surface area contributed by atoms with Gasteiger partial charge in [-0.3, -0.25) is 10.2 Å². The topological polar surface area (TPSA) is 331 Å². The average molecular weight is 1440 g/mol. The van der Waals surface area contributed by atoms with E-state index in [1.54, 1.807) is 127 Å². The zero-order valence-corrected chi connectivity index (χ0v) is 57.3. The number of benzene rings is 13. The van der Waals surface area contributed by atoms with Crippen molar-refractivity contribution in [3.63, 3.8) is 0 Å². The Morgan fingerprint density at radius 3 is 1.54 bits per heavy atom. The molecule has 0 fully saturated rings. The quantitative estimate of drug-likeness (QED) is 0.0451. The van der Waals surface area contributed by atoms with Crippen LogP contribution in [0.2, 0.25) is 0 Å². The van der Waals surface area contributed by atoms with Crippen molar-refractivity contribution >= 4 is 73.7 Å². The minimum atomic E-state index is -1.14. The smallest absolute Gasteiger partial charge is 0.340 e. The average Bonchev–Trinajstić information content (AvgIpc) is 1.61. The van der Waals surface area contributed by atoms with Crippen molar-refractivity contribution in [1.29, 1.82) is 0 Å². The van der Waals surface area contributed by atoms with E-state index < -0.39 is 23.1 Å². The second kappa shape index (κ2) is 26.5. The first kappa shape index (κ1) is 68.4. The van der Waals surface area contributed by atoms with Gasteiger partial charge >= 0.3 is 23.9 Å². The van der Waals surface area contributed by atoms with Crippen molar-refractivity contribution in [1.82, 2.24) is 0 Å². The summed E-state index contributed by atoms with van der Waals surface area (Å²) in [5.41, 5.74) is 22.1. The number of hydrogen-bond acceptors (Lipinski definition) is 17. The lowest BCUT2D eigenvalue weighted by Crippen LogP contribution is -3.00. The van der Waals surface area contributed by atoms with E-state index in [1.807, 2.05) is 110 Å². The van der Waals surface area contributed by atoms with Crippen LogP contribution in [-0.2, 0) is 20.7 Å². The first-order chi connectivity index (χ1) is 51.2. The second-order valence-corrected chi connectivity index (χ2v) is 25.8. The summed E-state index contributed by atoms with van der Waals surface area (Å²) in [5, 5.41) is 58.8. The molecule has 2 atom stereocenters. The summed E-state index contributed by atoms with van der Waals surface area (Å²) in [6, 6.07) is 73.2. The molecule has 0 radical (unpaired) electrons. The Morgan fingerprint density at radius 1 is 0.430 bits per heavy atom. The summed E-state index contributed by atoms with van der Waals surface area (Å²) >= 11 is 0. The van der Waals surface area contributed by atoms with Crippen LogP contribution in [0.15, 0.2) is 268 Å². The van der Waals surface area contributed by atoms with Gasteiger partial charge in [-0.1, -0.05) is 91.0 Å². The number of ether oxygens (including phenoxy) is 4. The fourth-order valence-corrected chi connectivity index (χ4v) is 14.6. The third-order valence-electron chi connectivity index (χ3n) is 19.2. The highest BCUT2D eigenvalue weighted by atomic mass is 35.5. The van der Waals surface area contributed by atoms with Gasteiger partial charge in [-0.15, -0.1) is 0 Å². The molecule has 107 heavy (non-hydrogen) atoms. The number of carbonyl (C=O) groups is 4. The van der Waals surface area contributed by atoms with Gasteiger partial charge < -0.3 is 82.1 Å². The highest BCUT2D eigenvalue weighted by Gasteiger charge is 2.55. The fourth-order valence-electron chi connectivity index (χ4n) is 14.6. The number of nitrogens with zero attached hydrogens (tertiary/aromatic N) is 1. The Hall–Kier alpha value is -14.4. The van der Waals surface area contributed by atoms with Gasteiger partial charge in [-0.2, -0.15) is 0 Å². The maximum Gasteiger partial charge on any atom is 0.340 e. The first-order valence-corrected chi connectivity index (χ1v) is 33.2. The first-order valence-electron chi connectivity index (χ1n) is 33.2. The molecule has 11 aromatic carbocycles. The van der Waals surface area contributed by atoms with Crippen LogP contribution < -0.4 is 54.4 Å². The molecule has 2 spiro atoms. The molecule has 19 rings (SSSR count). The number of carboxylic acid groups (broad SMARTS) is 2. The lowest BCUT2D eigenvalue weighted by molar-refractivity contribution is -0.172. The Kier molecular flexibility index (Phi) is 16.9. The number of aromatic hydroxyl groups is 3. The molecule has 6 aliphatic heterocycles. The molecule has 0 amide bonds. The van der Waals surface area contributed by atoms with Gasteiger partial charge in [0.05, 0.1) is 33.7 Å². The minimum absolute atomic E-state index is 0. The van der Waals surface area contributed by atoms with Crippen LogP contribution >= 0.6 is 0 Å². The lowest BCUT2D eigenvalue weighted by Gasteiger charge is -2.37. The third kappa shape index (κ3) is 11.4. The van der Waals surface area contributed by atoms with Crippen LogP contribution in [-0.4, -0.2) is 63.5 Å². The maximum atomic E-state index is 12.9. The molecule has 20 nitrogen and oxygen atoms in total. The molecule has 0 aromatic heterocycles. The van der Waals surface area contributed by atoms with E-state index in [4.69, 9.17) is 44.7 Å². The molecule has 0 saturated carbocycles. The Morgan fingerprint density at radius 2 is 0.916 bits per heavy atom. The largest absolute Gasteiger partial charge is 1.00 e. The lowest BCUT2D eigenvalue weighted by atomic mass is 9.77. The van der Waals surface area contributed by atoms with Gasteiger partial charge in [-0.05, 0) is 132 Å². The number of phenols is 3. The second-order valence-electron chi connectivity index (χ2n) is 25.8. The van der Waals surface area contributed by atoms with E-state index >= 15 is 0 Å². The van der Waals surface area contributed by atoms with Crippen LogP contribution in [0.4, 0.5) is 17.1 Å². The third-order valence-corrected chi connectivity index (χ3v) is 19.2. The number of hydrogen-bond donors (Lipinski definition) is 8. The number of nitrogen functional groups attached to an aromatic ring is 2. The van der Waals surface area contributed by atoms with E-state index in [0.29, 0.717) is 123 Å². The molecule has 526 valence electrons. The van der Waals surface area contributed by atoms with Crippen molar-refractivity contribution in [2.75, 3.05) is 30.5 Å². The number of aromatic carboxylic acids is 2. The van der Waals surface area contributed by atoms with Gasteiger partial charge in [0.1, 0.15) is 62.9 Å². The van der Waals surface area contributed by atoms with Crippen LogP contribution in [0.25, 0.3) is 77.6 Å². The van der Waals surface area contributed by atoms with Crippen molar-refractivity contribution in [2.24, 2.45) is 0 Å². The molecular formula is C86H59ClN4O16. The number of carbonyl (C=O) groups excluding carboxylic acids is 2. The number of rotatable bonds is 5. The van der Waals surface area contributed by atoms with Gasteiger partial charge in [0, 0.05) is 140 Å². The van der Waals surface area contributed by atoms with E-state index in [0.717, 1.165) is 44.3 Å². The molecule has 11 aromatic rings. The minimum Gasteiger partial charge on any atom is -1.00 e. The number of nitrogens with two attached hydrogens (primary N) is 3. The van der Waals surface area contributed by atoms with E-state index in [1.165, 1.54) is 36.4 Å². The number of esters is 2. The standard InChI is InChI=1S/C26H19NO4.C20H14N2O3.C20H13NO4.C20H12O5.ClH/c1-27(2)16-11-13-19-22(14-16)30-24-20(12-10-15-6-5-9-21(28)23(15)24)26(19)18-8-4-3-7-17(18)25(29)31-26;21-11-5-7-15-17(9-11)25-18-10-12(22)6-8-16(18)19(15)13-3-1-2-4-14(13)20(23)24;21-11-5-7-15-17(9-11)24-18-10-12(22)6-8-16(18)20(15)14-4-2-1-3-13(14)19(23)25-20;21-11-5-7-15-17(9-11)25-18-10-12(22)6-8-16(18)19(15)13-3-1-2-4-14(13)20(23)24;/h3-14,28H,1-2H3;1-10,21H,22H2,(H,23,24);1-10,22H,21H2;1-10,21H,(H,23,24);1H. The van der Waals surface area contributed by atoms with Crippen LogP contribution in [0, 0.1) is 0 Å². The predicted octanol–water partition coefficient (Wildman–Crippen LogP) is 11.8. The highest BCUT2D eigenvalue weighted by molar-refractivity contribution is 6.10. The van der Waals surface area contributed by atoms with Crippen LogP contribution in [0.1, 0.15) is 74.8 Å². The molecule has 21 heteroatoms. The van der Waals surface area contributed by atoms with Crippen molar-refractivity contribution in [2.45, 2.75) is 11.2 Å². The number of phenolic OH excluding ortho intramolecular Hbond substituents is 3. The summed E-state index contributed by atoms with van der Waals surface area (Å²) in [6.07, 6.45) is 0. The van der Waals surface area contributed by atoms with Crippen molar-refractivity contribution in [3.05, 3.63) is 326 Å². The summed E-state index contributed by atoms with van der Waals surface area (Å²) in [6.45, 7) is 0. The molecule has 2 aliphatic carbocycles. The highest BCUT2D eigenvalue weighted by Crippen LogP contribution is 2.60. The fraction of sp³-hybridized carbons (Fsp3) is 0.0465. The Balaban J connectivity index is 0.000000114. The van der Waals surface area contributed by atoms with Gasteiger partial charge in [0.25, 0.3) is 0 Å². The summed E-state index contributed by atoms with van der Waals surface area (Å²) in [5.74, 6) is 0.365. The SMILES string of the molecule is CN(C)c1ccc2c(c1)Oc1c(ccc3cccc(O)c13)C21OC(=O)c2ccccc21.Nc1ccc2c(-c3ccccc3C(=O)O)c3ccc(=[NH2+])cc-3oc2c1.Nc1ccc2c(c1)Oc1cc(O)ccc1C21OC(=O)c2ccccc21.O=C(O)c1ccccc1-c1c2ccc(=O)cc-2oc2cc(O)ccc12.[Cl-]. The van der Waals surface area contributed by atoms with Gasteiger partial charge in [-0.25, -0.2) is 19.2 Å². The molecule has 0 saturated heterocycles. The molecule has 8 aliphatic rings. The molecule has 0 bridgehead atoms. The number of anilines is 3. The summed E-state index contributed by atoms with van der Waals surface area (Å²) in [7, 11) is 3.92. The molecular weight excluding hydrogens is 1380 g/mol. The number of carboxylic acids is 2. The monoisotopic (exact) mass is 1440 g/mol.